The predicted octanol–water partition coefficient (Wildman–Crippen LogP) is -0.635. The molecule has 0 aromatic carbocycles. The van der Waals surface area contributed by atoms with Crippen LogP contribution in [-0.4, -0.2) is 60.4 Å². The van der Waals surface area contributed by atoms with Gasteiger partial charge in [0.15, 0.2) is 0 Å². The summed E-state index contributed by atoms with van der Waals surface area (Å²) in [6.45, 7) is 2.43. The van der Waals surface area contributed by atoms with Crippen LogP contribution >= 0.6 is 23.2 Å². The fourth-order valence-electron chi connectivity index (χ4n) is 0.823. The lowest BCUT2D eigenvalue weighted by molar-refractivity contribution is 0.189. The van der Waals surface area contributed by atoms with Crippen LogP contribution in [0.1, 0.15) is 0 Å². The van der Waals surface area contributed by atoms with Gasteiger partial charge in [0.2, 0.25) is 0 Å². The number of aliphatic hydroxyl groups excluding tert-OH is 2. The summed E-state index contributed by atoms with van der Waals surface area (Å²) < 4.78 is 0. The number of aliphatic hydroxyl groups is 2. The van der Waals surface area contributed by atoms with E-state index in [0.717, 1.165) is 13.1 Å². The summed E-state index contributed by atoms with van der Waals surface area (Å²) in [4.78, 5) is 0. The standard InChI is InChI=1S/C8H18Cl2N2O2/c9-3-7(13)5-11-1-2-12-6-8(14)4-10/h7-8,11-14H,1-6H2. The highest BCUT2D eigenvalue weighted by atomic mass is 35.5. The van der Waals surface area contributed by atoms with Crippen LogP contribution in [0, 0.1) is 0 Å². The molecule has 0 radical (unpaired) electrons. The minimum Gasteiger partial charge on any atom is -0.391 e. The smallest absolute Gasteiger partial charge is 0.0799 e. The third kappa shape index (κ3) is 8.99. The Morgan fingerprint density at radius 2 is 1.21 bits per heavy atom. The Balaban J connectivity index is 3.06. The molecule has 0 aliphatic carbocycles. The molecule has 0 bridgehead atoms. The summed E-state index contributed by atoms with van der Waals surface area (Å²) >= 11 is 10.8. The van der Waals surface area contributed by atoms with Gasteiger partial charge in [0.25, 0.3) is 0 Å². The first-order valence-electron chi connectivity index (χ1n) is 4.60. The number of hydrogen-bond donors (Lipinski definition) is 4. The fourth-order valence-corrected chi connectivity index (χ4v) is 1.04. The fraction of sp³-hybridized carbons (Fsp3) is 1.00. The van der Waals surface area contributed by atoms with Crippen molar-refractivity contribution >= 4 is 23.2 Å². The minimum atomic E-state index is -0.495. The Bertz CT molecular complexity index is 116. The molecule has 6 heteroatoms. The van der Waals surface area contributed by atoms with E-state index in [-0.39, 0.29) is 11.8 Å². The average molecular weight is 245 g/mol. The third-order valence-corrected chi connectivity index (χ3v) is 2.31. The number of halogens is 2. The van der Waals surface area contributed by atoms with Crippen LogP contribution < -0.4 is 10.6 Å². The van der Waals surface area contributed by atoms with Gasteiger partial charge in [-0.2, -0.15) is 0 Å². The van der Waals surface area contributed by atoms with Crippen molar-refractivity contribution in [2.45, 2.75) is 12.2 Å². The van der Waals surface area contributed by atoms with Gasteiger partial charge >= 0.3 is 0 Å². The van der Waals surface area contributed by atoms with Crippen LogP contribution in [0.25, 0.3) is 0 Å². The van der Waals surface area contributed by atoms with Gasteiger partial charge in [-0.25, -0.2) is 0 Å². The summed E-state index contributed by atoms with van der Waals surface area (Å²) in [5, 5.41) is 24.2. The Kier molecular flexibility index (Phi) is 10.3. The molecule has 86 valence electrons. The van der Waals surface area contributed by atoms with E-state index >= 15 is 0 Å². The first-order valence-corrected chi connectivity index (χ1v) is 5.67. The summed E-state index contributed by atoms with van der Waals surface area (Å²) in [6, 6.07) is 0. The van der Waals surface area contributed by atoms with Crippen LogP contribution in [0.4, 0.5) is 0 Å². The van der Waals surface area contributed by atoms with Crippen molar-refractivity contribution in [3.63, 3.8) is 0 Å². The van der Waals surface area contributed by atoms with Gasteiger partial charge in [-0.05, 0) is 0 Å². The molecular formula is C8H18Cl2N2O2. The van der Waals surface area contributed by atoms with Crippen molar-refractivity contribution in [1.82, 2.24) is 10.6 Å². The van der Waals surface area contributed by atoms with E-state index in [1.165, 1.54) is 0 Å². The van der Waals surface area contributed by atoms with Crippen LogP contribution in [0.5, 0.6) is 0 Å². The molecule has 0 spiro atoms. The second-order valence-corrected chi connectivity index (χ2v) is 3.64. The lowest BCUT2D eigenvalue weighted by Crippen LogP contribution is -2.36. The predicted molar refractivity (Wildman–Crippen MR) is 59.2 cm³/mol. The van der Waals surface area contributed by atoms with E-state index in [0.29, 0.717) is 13.1 Å². The van der Waals surface area contributed by atoms with Gasteiger partial charge in [0.1, 0.15) is 0 Å². The van der Waals surface area contributed by atoms with Crippen molar-refractivity contribution in [3.05, 3.63) is 0 Å². The average Bonchev–Trinajstić information content (AvgIpc) is 2.22. The SMILES string of the molecule is OC(CCl)CNCCNCC(O)CCl. The van der Waals surface area contributed by atoms with Gasteiger partial charge in [0, 0.05) is 37.9 Å². The molecule has 2 unspecified atom stereocenters. The van der Waals surface area contributed by atoms with E-state index in [4.69, 9.17) is 33.4 Å². The summed E-state index contributed by atoms with van der Waals surface area (Å²) in [5.41, 5.74) is 0. The van der Waals surface area contributed by atoms with Gasteiger partial charge in [0.05, 0.1) is 12.2 Å². The van der Waals surface area contributed by atoms with Gasteiger partial charge < -0.3 is 20.8 Å². The van der Waals surface area contributed by atoms with Crippen LogP contribution in [0.2, 0.25) is 0 Å². The highest BCUT2D eigenvalue weighted by Gasteiger charge is 2.01. The zero-order valence-corrected chi connectivity index (χ0v) is 9.56. The maximum Gasteiger partial charge on any atom is 0.0799 e. The van der Waals surface area contributed by atoms with E-state index < -0.39 is 12.2 Å². The van der Waals surface area contributed by atoms with Gasteiger partial charge in [-0.1, -0.05) is 0 Å². The van der Waals surface area contributed by atoms with Crippen molar-refractivity contribution in [2.24, 2.45) is 0 Å². The van der Waals surface area contributed by atoms with E-state index in [1.54, 1.807) is 0 Å². The van der Waals surface area contributed by atoms with E-state index in [2.05, 4.69) is 10.6 Å². The molecule has 0 heterocycles. The molecule has 2 atom stereocenters. The molecule has 0 aliphatic rings. The Hall–Kier alpha value is 0.420. The lowest BCUT2D eigenvalue weighted by atomic mass is 10.4. The summed E-state index contributed by atoms with van der Waals surface area (Å²) in [7, 11) is 0. The van der Waals surface area contributed by atoms with Crippen molar-refractivity contribution in [3.8, 4) is 0 Å². The Morgan fingerprint density at radius 3 is 1.50 bits per heavy atom. The molecule has 4 nitrogen and oxygen atoms in total. The summed E-state index contributed by atoms with van der Waals surface area (Å²) in [5.74, 6) is 0.483. The van der Waals surface area contributed by atoms with Crippen LogP contribution in [-0.2, 0) is 0 Å². The molecular weight excluding hydrogens is 227 g/mol. The first kappa shape index (κ1) is 14.4. The van der Waals surface area contributed by atoms with E-state index in [1.807, 2.05) is 0 Å². The molecule has 0 amide bonds. The van der Waals surface area contributed by atoms with Crippen molar-refractivity contribution in [2.75, 3.05) is 37.9 Å². The number of hydrogen-bond acceptors (Lipinski definition) is 4. The highest BCUT2D eigenvalue weighted by Crippen LogP contribution is 1.84. The number of alkyl halides is 2. The van der Waals surface area contributed by atoms with Crippen molar-refractivity contribution < 1.29 is 10.2 Å². The van der Waals surface area contributed by atoms with Gasteiger partial charge in [-0.15, -0.1) is 23.2 Å². The molecule has 0 saturated carbocycles. The zero-order valence-electron chi connectivity index (χ0n) is 8.05. The lowest BCUT2D eigenvalue weighted by Gasteiger charge is -2.10. The quantitative estimate of drug-likeness (QED) is 0.322. The first-order chi connectivity index (χ1) is 6.70. The number of rotatable bonds is 9. The maximum absolute atomic E-state index is 9.07. The second-order valence-electron chi connectivity index (χ2n) is 3.02. The highest BCUT2D eigenvalue weighted by molar-refractivity contribution is 6.18. The topological polar surface area (TPSA) is 64.5 Å². The molecule has 0 rings (SSSR count). The molecule has 0 aromatic rings. The molecule has 0 aliphatic heterocycles. The molecule has 4 N–H and O–H groups in total. The molecule has 0 aromatic heterocycles. The molecule has 14 heavy (non-hydrogen) atoms. The van der Waals surface area contributed by atoms with Crippen molar-refractivity contribution in [1.29, 1.82) is 0 Å². The summed E-state index contributed by atoms with van der Waals surface area (Å²) in [6.07, 6.45) is -0.991. The Labute approximate surface area is 94.6 Å². The maximum atomic E-state index is 9.07. The van der Waals surface area contributed by atoms with E-state index in [9.17, 15) is 0 Å². The monoisotopic (exact) mass is 244 g/mol. The van der Waals surface area contributed by atoms with Crippen LogP contribution in [0.3, 0.4) is 0 Å². The Morgan fingerprint density at radius 1 is 0.857 bits per heavy atom. The second kappa shape index (κ2) is 9.96. The molecule has 0 fully saturated rings. The third-order valence-electron chi connectivity index (χ3n) is 1.59. The van der Waals surface area contributed by atoms with Gasteiger partial charge in [-0.3, -0.25) is 0 Å². The number of nitrogens with one attached hydrogen (secondary N) is 2. The normalized spacial score (nSPS) is 15.4. The van der Waals surface area contributed by atoms with Crippen LogP contribution in [0.15, 0.2) is 0 Å². The zero-order chi connectivity index (χ0) is 10.8. The minimum absolute atomic E-state index is 0.241. The largest absolute Gasteiger partial charge is 0.391 e. The molecule has 0 saturated heterocycles.